The van der Waals surface area contributed by atoms with E-state index in [1.807, 2.05) is 0 Å². The lowest BCUT2D eigenvalue weighted by Gasteiger charge is -2.19. The number of rotatable bonds is 3. The normalized spacial score (nSPS) is 11.7. The summed E-state index contributed by atoms with van der Waals surface area (Å²) in [6, 6.07) is 56.8. The van der Waals surface area contributed by atoms with E-state index < -0.39 is 0 Å². The van der Waals surface area contributed by atoms with Crippen LogP contribution < -0.4 is 0 Å². The molecule has 0 spiro atoms. The van der Waals surface area contributed by atoms with E-state index in [1.165, 1.54) is 60.3 Å². The monoisotopic (exact) mass is 546 g/mol. The van der Waals surface area contributed by atoms with Crippen LogP contribution >= 0.6 is 0 Å². The summed E-state index contributed by atoms with van der Waals surface area (Å²) in [4.78, 5) is 0. The van der Waals surface area contributed by atoms with Crippen LogP contribution in [0.25, 0.3) is 87.6 Å². The predicted octanol–water partition coefficient (Wildman–Crippen LogP) is 12.0. The van der Waals surface area contributed by atoms with Gasteiger partial charge >= 0.3 is 0 Å². The standard InChI is InChI=1S/C42H26O/c1-3-11-27(12-4-1)30-20-22-35-38(25-30)41(34-18-10-9-17-33(34)40(35)29-14-5-2-6-15-29)31-21-24-39-37(26-31)36-23-19-28-13-7-8-16-32(28)42(36)43-39/h1-26H. The maximum absolute atomic E-state index is 6.49. The van der Waals surface area contributed by atoms with Gasteiger partial charge in [-0.05, 0) is 84.6 Å². The van der Waals surface area contributed by atoms with Crippen molar-refractivity contribution in [3.63, 3.8) is 0 Å². The summed E-state index contributed by atoms with van der Waals surface area (Å²) < 4.78 is 6.49. The minimum atomic E-state index is 0.912. The first-order valence-corrected chi connectivity index (χ1v) is 14.8. The molecule has 0 bridgehead atoms. The van der Waals surface area contributed by atoms with E-state index in [1.54, 1.807) is 0 Å². The Morgan fingerprint density at radius 3 is 1.63 bits per heavy atom. The topological polar surface area (TPSA) is 13.1 Å². The molecule has 0 radical (unpaired) electrons. The van der Waals surface area contributed by atoms with Crippen LogP contribution in [-0.2, 0) is 0 Å². The molecule has 1 aromatic heterocycles. The highest BCUT2D eigenvalue weighted by atomic mass is 16.3. The van der Waals surface area contributed by atoms with E-state index in [2.05, 4.69) is 158 Å². The maximum atomic E-state index is 6.49. The molecule has 0 N–H and O–H groups in total. The van der Waals surface area contributed by atoms with Gasteiger partial charge < -0.3 is 4.42 Å². The highest BCUT2D eigenvalue weighted by molar-refractivity contribution is 6.23. The van der Waals surface area contributed by atoms with Gasteiger partial charge in [-0.3, -0.25) is 0 Å². The third kappa shape index (κ3) is 3.72. The summed E-state index contributed by atoms with van der Waals surface area (Å²) in [5, 5.41) is 9.63. The summed E-state index contributed by atoms with van der Waals surface area (Å²) in [5.41, 5.74) is 9.23. The highest BCUT2D eigenvalue weighted by Gasteiger charge is 2.19. The average molecular weight is 547 g/mol. The zero-order valence-electron chi connectivity index (χ0n) is 23.4. The number of hydrogen-bond acceptors (Lipinski definition) is 1. The van der Waals surface area contributed by atoms with Crippen molar-refractivity contribution in [2.24, 2.45) is 0 Å². The summed E-state index contributed by atoms with van der Waals surface area (Å²) in [5.74, 6) is 0. The largest absolute Gasteiger partial charge is 0.455 e. The number of hydrogen-bond donors (Lipinski definition) is 0. The maximum Gasteiger partial charge on any atom is 0.143 e. The average Bonchev–Trinajstić information content (AvgIpc) is 3.46. The van der Waals surface area contributed by atoms with E-state index in [9.17, 15) is 0 Å². The van der Waals surface area contributed by atoms with E-state index in [0.717, 1.165) is 27.3 Å². The molecule has 0 fully saturated rings. The molecular formula is C42H26O. The molecule has 1 heteroatoms. The molecule has 200 valence electrons. The van der Waals surface area contributed by atoms with Crippen LogP contribution in [0.5, 0.6) is 0 Å². The van der Waals surface area contributed by atoms with Gasteiger partial charge in [0.25, 0.3) is 0 Å². The van der Waals surface area contributed by atoms with E-state index in [4.69, 9.17) is 4.42 Å². The Balaban J connectivity index is 1.40. The summed E-state index contributed by atoms with van der Waals surface area (Å²) in [6.45, 7) is 0. The van der Waals surface area contributed by atoms with Crippen LogP contribution in [0.1, 0.15) is 0 Å². The van der Waals surface area contributed by atoms with Crippen molar-refractivity contribution in [1.82, 2.24) is 0 Å². The van der Waals surface area contributed by atoms with Crippen molar-refractivity contribution in [3.05, 3.63) is 158 Å². The van der Waals surface area contributed by atoms with Crippen LogP contribution in [0.15, 0.2) is 162 Å². The van der Waals surface area contributed by atoms with Gasteiger partial charge in [-0.15, -0.1) is 0 Å². The van der Waals surface area contributed by atoms with Crippen LogP contribution in [-0.4, -0.2) is 0 Å². The SMILES string of the molecule is c1ccc(-c2ccc3c(-c4ccccc4)c4ccccc4c(-c4ccc5oc6c7ccccc7ccc6c5c4)c3c2)cc1. The van der Waals surface area contributed by atoms with Gasteiger partial charge in [-0.1, -0.05) is 133 Å². The van der Waals surface area contributed by atoms with Gasteiger partial charge in [0, 0.05) is 16.2 Å². The predicted molar refractivity (Wildman–Crippen MR) is 183 cm³/mol. The summed E-state index contributed by atoms with van der Waals surface area (Å²) >= 11 is 0. The molecule has 9 rings (SSSR count). The Bertz CT molecular complexity index is 2480. The molecule has 0 saturated carbocycles. The summed E-state index contributed by atoms with van der Waals surface area (Å²) in [6.07, 6.45) is 0. The molecule has 0 amide bonds. The summed E-state index contributed by atoms with van der Waals surface area (Å²) in [7, 11) is 0. The Morgan fingerprint density at radius 2 is 0.860 bits per heavy atom. The number of furan rings is 1. The lowest BCUT2D eigenvalue weighted by atomic mass is 9.84. The number of benzene rings is 8. The molecule has 0 unspecified atom stereocenters. The molecule has 8 aromatic carbocycles. The second-order valence-electron chi connectivity index (χ2n) is 11.3. The smallest absolute Gasteiger partial charge is 0.143 e. The van der Waals surface area contributed by atoms with Crippen molar-refractivity contribution < 1.29 is 4.42 Å². The van der Waals surface area contributed by atoms with E-state index in [-0.39, 0.29) is 0 Å². The van der Waals surface area contributed by atoms with Gasteiger partial charge in [0.1, 0.15) is 11.2 Å². The van der Waals surface area contributed by atoms with Crippen LogP contribution in [0.4, 0.5) is 0 Å². The van der Waals surface area contributed by atoms with Crippen molar-refractivity contribution in [2.45, 2.75) is 0 Å². The molecule has 0 atom stereocenters. The Morgan fingerprint density at radius 1 is 0.302 bits per heavy atom. The first-order chi connectivity index (χ1) is 21.3. The number of fused-ring (bicyclic) bond motifs is 7. The molecule has 1 heterocycles. The van der Waals surface area contributed by atoms with Crippen molar-refractivity contribution >= 4 is 54.3 Å². The van der Waals surface area contributed by atoms with Gasteiger partial charge in [0.05, 0.1) is 0 Å². The minimum Gasteiger partial charge on any atom is -0.455 e. The molecule has 43 heavy (non-hydrogen) atoms. The van der Waals surface area contributed by atoms with E-state index >= 15 is 0 Å². The van der Waals surface area contributed by atoms with E-state index in [0.29, 0.717) is 0 Å². The second kappa shape index (κ2) is 9.44. The lowest BCUT2D eigenvalue weighted by molar-refractivity contribution is 0.672. The first-order valence-electron chi connectivity index (χ1n) is 14.8. The van der Waals surface area contributed by atoms with Crippen LogP contribution in [0, 0.1) is 0 Å². The molecule has 9 aromatic rings. The molecule has 1 nitrogen and oxygen atoms in total. The lowest BCUT2D eigenvalue weighted by Crippen LogP contribution is -1.91. The van der Waals surface area contributed by atoms with Crippen LogP contribution in [0.2, 0.25) is 0 Å². The third-order valence-corrected chi connectivity index (χ3v) is 8.84. The van der Waals surface area contributed by atoms with Gasteiger partial charge in [0.15, 0.2) is 0 Å². The fraction of sp³-hybridized carbons (Fsp3) is 0. The second-order valence-corrected chi connectivity index (χ2v) is 11.3. The molecule has 0 saturated heterocycles. The third-order valence-electron chi connectivity index (χ3n) is 8.84. The molecule has 0 aliphatic rings. The minimum absolute atomic E-state index is 0.912. The highest BCUT2D eigenvalue weighted by Crippen LogP contribution is 2.46. The Hall–Kier alpha value is -5.66. The Kier molecular flexibility index (Phi) is 5.27. The van der Waals surface area contributed by atoms with Crippen molar-refractivity contribution in [1.29, 1.82) is 0 Å². The fourth-order valence-corrected chi connectivity index (χ4v) is 6.88. The molecule has 0 aliphatic carbocycles. The fourth-order valence-electron chi connectivity index (χ4n) is 6.88. The van der Waals surface area contributed by atoms with Gasteiger partial charge in [0.2, 0.25) is 0 Å². The quantitative estimate of drug-likeness (QED) is 0.201. The van der Waals surface area contributed by atoms with Gasteiger partial charge in [-0.2, -0.15) is 0 Å². The van der Waals surface area contributed by atoms with Crippen LogP contribution in [0.3, 0.4) is 0 Å². The molecule has 0 aliphatic heterocycles. The zero-order chi connectivity index (χ0) is 28.3. The molecular weight excluding hydrogens is 520 g/mol. The first kappa shape index (κ1) is 24.0. The van der Waals surface area contributed by atoms with Crippen molar-refractivity contribution in [2.75, 3.05) is 0 Å². The van der Waals surface area contributed by atoms with Gasteiger partial charge in [-0.25, -0.2) is 0 Å². The van der Waals surface area contributed by atoms with Crippen molar-refractivity contribution in [3.8, 4) is 33.4 Å². The Labute approximate surface area is 249 Å². The zero-order valence-corrected chi connectivity index (χ0v) is 23.4.